The first kappa shape index (κ1) is 10.3. The second-order valence-electron chi connectivity index (χ2n) is 3.93. The highest BCUT2D eigenvalue weighted by molar-refractivity contribution is 6.33. The number of hydrogen-bond donors (Lipinski definition) is 0. The molecule has 1 aromatic carbocycles. The number of halogens is 1. The number of nitrogens with zero attached hydrogens (tertiary/aromatic N) is 4. The number of carbonyl (C=O) groups is 1. The summed E-state index contributed by atoms with van der Waals surface area (Å²) in [5.74, 6) is -0.0620. The van der Waals surface area contributed by atoms with E-state index in [1.807, 2.05) is 0 Å². The van der Waals surface area contributed by atoms with E-state index in [1.54, 1.807) is 41.0 Å². The Morgan fingerprint density at radius 1 is 1.41 bits per heavy atom. The molecule has 1 amide bonds. The minimum absolute atomic E-state index is 0.0620. The van der Waals surface area contributed by atoms with Crippen LogP contribution < -0.4 is 0 Å². The van der Waals surface area contributed by atoms with E-state index in [0.717, 1.165) is 5.69 Å². The smallest absolute Gasteiger partial charge is 0.256 e. The lowest BCUT2D eigenvalue weighted by Crippen LogP contribution is -2.24. The highest BCUT2D eigenvalue weighted by Gasteiger charge is 2.26. The van der Waals surface area contributed by atoms with Gasteiger partial charge in [-0.15, -0.1) is 5.10 Å². The summed E-state index contributed by atoms with van der Waals surface area (Å²) in [6, 6.07) is 5.25. The quantitative estimate of drug-likeness (QED) is 0.710. The molecule has 0 atom stereocenters. The Kier molecular flexibility index (Phi) is 2.16. The topological polar surface area (TPSA) is 51.0 Å². The van der Waals surface area contributed by atoms with E-state index in [2.05, 4.69) is 10.3 Å². The molecule has 2 heterocycles. The van der Waals surface area contributed by atoms with Crippen molar-refractivity contribution in [1.82, 2.24) is 19.9 Å². The van der Waals surface area contributed by atoms with Crippen molar-refractivity contribution >= 4 is 17.5 Å². The molecule has 0 saturated carbocycles. The van der Waals surface area contributed by atoms with Crippen LogP contribution in [0.2, 0.25) is 5.02 Å². The van der Waals surface area contributed by atoms with Gasteiger partial charge in [0.25, 0.3) is 5.91 Å². The van der Waals surface area contributed by atoms with Crippen LogP contribution in [-0.4, -0.2) is 32.8 Å². The summed E-state index contributed by atoms with van der Waals surface area (Å²) < 4.78 is 1.62. The number of benzene rings is 1. The van der Waals surface area contributed by atoms with Crippen LogP contribution in [0.4, 0.5) is 0 Å². The van der Waals surface area contributed by atoms with E-state index < -0.39 is 0 Å². The lowest BCUT2D eigenvalue weighted by Gasteiger charge is -2.13. The van der Waals surface area contributed by atoms with Crippen molar-refractivity contribution in [2.24, 2.45) is 0 Å². The van der Waals surface area contributed by atoms with Gasteiger partial charge in [0.05, 0.1) is 34.7 Å². The van der Waals surface area contributed by atoms with Gasteiger partial charge in [-0.05, 0) is 12.1 Å². The van der Waals surface area contributed by atoms with Gasteiger partial charge in [0.1, 0.15) is 0 Å². The summed E-state index contributed by atoms with van der Waals surface area (Å²) in [6.07, 6.45) is 1.64. The van der Waals surface area contributed by atoms with E-state index in [9.17, 15) is 4.79 Å². The second kappa shape index (κ2) is 3.56. The van der Waals surface area contributed by atoms with Gasteiger partial charge < -0.3 is 4.90 Å². The Bertz CT molecular complexity index is 607. The van der Waals surface area contributed by atoms with Crippen LogP contribution >= 0.6 is 11.6 Å². The van der Waals surface area contributed by atoms with E-state index in [0.29, 0.717) is 22.8 Å². The average Bonchev–Trinajstić information content (AvgIpc) is 2.72. The molecule has 1 aromatic heterocycles. The number of para-hydroxylation sites is 1. The minimum Gasteiger partial charge on any atom is -0.336 e. The van der Waals surface area contributed by atoms with Gasteiger partial charge in [-0.1, -0.05) is 22.9 Å². The first-order valence-corrected chi connectivity index (χ1v) is 5.50. The monoisotopic (exact) mass is 248 g/mol. The molecule has 0 N–H and O–H groups in total. The fraction of sp³-hybridized carbons (Fsp3) is 0.182. The normalized spacial score (nSPS) is 14.2. The maximum absolute atomic E-state index is 12.2. The van der Waals surface area contributed by atoms with Crippen LogP contribution in [0, 0.1) is 0 Å². The number of hydrogen-bond acceptors (Lipinski definition) is 3. The fourth-order valence-electron chi connectivity index (χ4n) is 1.98. The maximum atomic E-state index is 12.2. The zero-order valence-corrected chi connectivity index (χ0v) is 9.85. The molecule has 5 nitrogen and oxygen atoms in total. The van der Waals surface area contributed by atoms with Gasteiger partial charge in [0.15, 0.2) is 0 Å². The van der Waals surface area contributed by atoms with E-state index in [1.165, 1.54) is 0 Å². The summed E-state index contributed by atoms with van der Waals surface area (Å²) in [7, 11) is 1.75. The molecule has 0 aliphatic carbocycles. The van der Waals surface area contributed by atoms with Crippen LogP contribution in [0.3, 0.4) is 0 Å². The first-order chi connectivity index (χ1) is 8.18. The Labute approximate surface area is 103 Å². The van der Waals surface area contributed by atoms with E-state index >= 15 is 0 Å². The number of rotatable bonds is 0. The molecular formula is C11H9ClN4O. The molecule has 6 heteroatoms. The lowest BCUT2D eigenvalue weighted by atomic mass is 10.1. The van der Waals surface area contributed by atoms with Gasteiger partial charge in [0, 0.05) is 7.05 Å². The summed E-state index contributed by atoms with van der Waals surface area (Å²) in [5, 5.41) is 8.35. The summed E-state index contributed by atoms with van der Waals surface area (Å²) in [5.41, 5.74) is 1.99. The summed E-state index contributed by atoms with van der Waals surface area (Å²) >= 11 is 6.15. The van der Waals surface area contributed by atoms with Crippen molar-refractivity contribution in [1.29, 1.82) is 0 Å². The Hall–Kier alpha value is -1.88. The van der Waals surface area contributed by atoms with Gasteiger partial charge in [-0.25, -0.2) is 4.68 Å². The van der Waals surface area contributed by atoms with Crippen molar-refractivity contribution < 1.29 is 4.79 Å². The molecule has 3 rings (SSSR count). The zero-order valence-electron chi connectivity index (χ0n) is 9.09. The third-order valence-electron chi connectivity index (χ3n) is 2.79. The van der Waals surface area contributed by atoms with Crippen LogP contribution in [0.5, 0.6) is 0 Å². The molecule has 1 aliphatic heterocycles. The first-order valence-electron chi connectivity index (χ1n) is 5.12. The van der Waals surface area contributed by atoms with Gasteiger partial charge in [-0.2, -0.15) is 0 Å². The van der Waals surface area contributed by atoms with Crippen LogP contribution in [-0.2, 0) is 6.54 Å². The molecule has 0 radical (unpaired) electrons. The second-order valence-corrected chi connectivity index (χ2v) is 4.34. The predicted octanol–water partition coefficient (Wildman–Crippen LogP) is 1.51. The van der Waals surface area contributed by atoms with Gasteiger partial charge >= 0.3 is 0 Å². The third-order valence-corrected chi connectivity index (χ3v) is 3.10. The highest BCUT2D eigenvalue weighted by atomic mass is 35.5. The molecule has 0 bridgehead atoms. The van der Waals surface area contributed by atoms with Crippen LogP contribution in [0.1, 0.15) is 16.1 Å². The molecule has 0 fully saturated rings. The third kappa shape index (κ3) is 1.43. The van der Waals surface area contributed by atoms with Crippen LogP contribution in [0.25, 0.3) is 5.69 Å². The molecule has 0 saturated heterocycles. The van der Waals surface area contributed by atoms with Crippen molar-refractivity contribution in [3.63, 3.8) is 0 Å². The average molecular weight is 249 g/mol. The van der Waals surface area contributed by atoms with Gasteiger partial charge in [-0.3, -0.25) is 4.79 Å². The highest BCUT2D eigenvalue weighted by Crippen LogP contribution is 2.28. The molecule has 17 heavy (non-hydrogen) atoms. The minimum atomic E-state index is -0.0620. The standard InChI is InChI=1S/C11H9ClN4O/c1-15-6-7-5-13-14-16(7)10-8(11(15)17)3-2-4-9(10)12/h2-5H,6H2,1H3. The molecule has 0 unspecified atom stereocenters. The van der Waals surface area contributed by atoms with E-state index in [4.69, 9.17) is 11.6 Å². The molecule has 1 aliphatic rings. The molecule has 0 spiro atoms. The number of aromatic nitrogens is 3. The Morgan fingerprint density at radius 2 is 2.24 bits per heavy atom. The Balaban J connectivity index is 2.37. The largest absolute Gasteiger partial charge is 0.336 e. The molecule has 2 aromatic rings. The van der Waals surface area contributed by atoms with Crippen LogP contribution in [0.15, 0.2) is 24.4 Å². The zero-order chi connectivity index (χ0) is 12.0. The Morgan fingerprint density at radius 3 is 3.06 bits per heavy atom. The number of carbonyl (C=O) groups excluding carboxylic acids is 1. The number of amides is 1. The van der Waals surface area contributed by atoms with Crippen molar-refractivity contribution in [3.05, 3.63) is 40.7 Å². The molecule has 86 valence electrons. The SMILES string of the molecule is CN1Cc2cnnn2-c2c(Cl)cccc2C1=O. The summed E-state index contributed by atoms with van der Waals surface area (Å²) in [4.78, 5) is 13.8. The molecular weight excluding hydrogens is 240 g/mol. The predicted molar refractivity (Wildman–Crippen MR) is 62.2 cm³/mol. The van der Waals surface area contributed by atoms with Crippen molar-refractivity contribution in [3.8, 4) is 5.69 Å². The maximum Gasteiger partial charge on any atom is 0.256 e. The van der Waals surface area contributed by atoms with E-state index in [-0.39, 0.29) is 5.91 Å². The van der Waals surface area contributed by atoms with Crippen molar-refractivity contribution in [2.75, 3.05) is 7.05 Å². The lowest BCUT2D eigenvalue weighted by molar-refractivity contribution is 0.0788. The number of fused-ring (bicyclic) bond motifs is 3. The summed E-state index contributed by atoms with van der Waals surface area (Å²) in [6.45, 7) is 0.469. The van der Waals surface area contributed by atoms with Crippen molar-refractivity contribution in [2.45, 2.75) is 6.54 Å². The fourth-order valence-corrected chi connectivity index (χ4v) is 2.23. The van der Waals surface area contributed by atoms with Gasteiger partial charge in [0.2, 0.25) is 0 Å².